The minimum absolute atomic E-state index is 0.0808. The van der Waals surface area contributed by atoms with Gasteiger partial charge in [0.2, 0.25) is 0 Å². The predicted octanol–water partition coefficient (Wildman–Crippen LogP) is 1.39. The van der Waals surface area contributed by atoms with Gasteiger partial charge in [0.05, 0.1) is 11.8 Å². The number of nitrogens with zero attached hydrogens (tertiary/aromatic N) is 1. The largest absolute Gasteiger partial charge is 0.330 e. The van der Waals surface area contributed by atoms with E-state index in [1.807, 2.05) is 6.92 Å². The predicted molar refractivity (Wildman–Crippen MR) is 51.4 cm³/mol. The van der Waals surface area contributed by atoms with E-state index >= 15 is 0 Å². The van der Waals surface area contributed by atoms with Gasteiger partial charge in [0.25, 0.3) is 0 Å². The molecule has 2 N–H and O–H groups in total. The van der Waals surface area contributed by atoms with Gasteiger partial charge >= 0.3 is 0 Å². The standard InChI is InChI=1S/C10H13FN2O/c1-2-7(5-12)10(14)8-3-4-13-6-9(8)11/h3-4,6-7H,2,5,12H2,1H3. The first-order valence-electron chi connectivity index (χ1n) is 4.54. The zero-order valence-electron chi connectivity index (χ0n) is 8.03. The van der Waals surface area contributed by atoms with Crippen molar-refractivity contribution in [1.29, 1.82) is 0 Å². The lowest BCUT2D eigenvalue weighted by molar-refractivity contribution is 0.0917. The summed E-state index contributed by atoms with van der Waals surface area (Å²) in [5.41, 5.74) is 5.49. The molecule has 1 unspecified atom stereocenters. The molecule has 1 aromatic rings. The molecular weight excluding hydrogens is 183 g/mol. The molecule has 1 aromatic heterocycles. The Kier molecular flexibility index (Phi) is 3.71. The second kappa shape index (κ2) is 4.81. The molecular formula is C10H13FN2O. The Morgan fingerprint density at radius 2 is 2.43 bits per heavy atom. The molecule has 0 radical (unpaired) electrons. The number of hydrogen-bond donors (Lipinski definition) is 1. The Morgan fingerprint density at radius 1 is 1.71 bits per heavy atom. The second-order valence-corrected chi connectivity index (χ2v) is 3.06. The number of halogens is 1. The zero-order chi connectivity index (χ0) is 10.6. The van der Waals surface area contributed by atoms with E-state index in [-0.39, 0.29) is 23.8 Å². The van der Waals surface area contributed by atoms with E-state index in [1.54, 1.807) is 0 Å². The lowest BCUT2D eigenvalue weighted by atomic mass is 9.96. The summed E-state index contributed by atoms with van der Waals surface area (Å²) in [6, 6.07) is 1.38. The van der Waals surface area contributed by atoms with Crippen LogP contribution in [0.15, 0.2) is 18.5 Å². The molecule has 0 bridgehead atoms. The number of nitrogens with two attached hydrogens (primary N) is 1. The first-order chi connectivity index (χ1) is 6.70. The summed E-state index contributed by atoms with van der Waals surface area (Å²) in [5, 5.41) is 0. The van der Waals surface area contributed by atoms with Crippen LogP contribution in [0.5, 0.6) is 0 Å². The van der Waals surface area contributed by atoms with Gasteiger partial charge in [0.1, 0.15) is 0 Å². The van der Waals surface area contributed by atoms with Crippen molar-refractivity contribution >= 4 is 5.78 Å². The molecule has 1 heterocycles. The Balaban J connectivity index is 2.94. The van der Waals surface area contributed by atoms with Crippen molar-refractivity contribution in [2.45, 2.75) is 13.3 Å². The minimum Gasteiger partial charge on any atom is -0.330 e. The highest BCUT2D eigenvalue weighted by molar-refractivity contribution is 5.98. The first-order valence-corrected chi connectivity index (χ1v) is 4.54. The Hall–Kier alpha value is -1.29. The molecule has 76 valence electrons. The van der Waals surface area contributed by atoms with Gasteiger partial charge in [-0.1, -0.05) is 6.92 Å². The number of carbonyl (C=O) groups is 1. The molecule has 1 atom stereocenters. The highest BCUT2D eigenvalue weighted by atomic mass is 19.1. The molecule has 1 rings (SSSR count). The lowest BCUT2D eigenvalue weighted by Gasteiger charge is -2.10. The third-order valence-corrected chi connectivity index (χ3v) is 2.19. The van der Waals surface area contributed by atoms with E-state index in [1.165, 1.54) is 12.3 Å². The van der Waals surface area contributed by atoms with E-state index in [4.69, 9.17) is 5.73 Å². The molecule has 0 amide bonds. The average Bonchev–Trinajstić information content (AvgIpc) is 2.20. The van der Waals surface area contributed by atoms with Gasteiger partial charge < -0.3 is 5.73 Å². The van der Waals surface area contributed by atoms with Crippen molar-refractivity contribution in [3.05, 3.63) is 29.8 Å². The van der Waals surface area contributed by atoms with Crippen LogP contribution in [0.4, 0.5) is 4.39 Å². The van der Waals surface area contributed by atoms with Crippen LogP contribution in [0.1, 0.15) is 23.7 Å². The number of ketones is 1. The smallest absolute Gasteiger partial charge is 0.170 e. The quantitative estimate of drug-likeness (QED) is 0.740. The summed E-state index contributed by atoms with van der Waals surface area (Å²) in [4.78, 5) is 15.3. The van der Waals surface area contributed by atoms with Crippen molar-refractivity contribution in [3.63, 3.8) is 0 Å². The fourth-order valence-electron chi connectivity index (χ4n) is 1.25. The molecule has 0 aliphatic rings. The fraction of sp³-hybridized carbons (Fsp3) is 0.400. The van der Waals surface area contributed by atoms with Crippen molar-refractivity contribution in [3.8, 4) is 0 Å². The van der Waals surface area contributed by atoms with Gasteiger partial charge in [-0.2, -0.15) is 0 Å². The normalized spacial score (nSPS) is 12.5. The molecule has 14 heavy (non-hydrogen) atoms. The van der Waals surface area contributed by atoms with E-state index in [9.17, 15) is 9.18 Å². The second-order valence-electron chi connectivity index (χ2n) is 3.06. The first kappa shape index (κ1) is 10.8. The van der Waals surface area contributed by atoms with Gasteiger partial charge in [0, 0.05) is 18.7 Å². The lowest BCUT2D eigenvalue weighted by Crippen LogP contribution is -2.23. The summed E-state index contributed by atoms with van der Waals surface area (Å²) in [7, 11) is 0. The van der Waals surface area contributed by atoms with Gasteiger partial charge in [0.15, 0.2) is 11.6 Å². The molecule has 0 aliphatic carbocycles. The molecule has 0 aromatic carbocycles. The van der Waals surface area contributed by atoms with E-state index in [0.29, 0.717) is 6.42 Å². The monoisotopic (exact) mass is 196 g/mol. The number of hydrogen-bond acceptors (Lipinski definition) is 3. The number of carbonyl (C=O) groups excluding carboxylic acids is 1. The van der Waals surface area contributed by atoms with Gasteiger partial charge in [-0.15, -0.1) is 0 Å². The fourth-order valence-corrected chi connectivity index (χ4v) is 1.25. The third-order valence-electron chi connectivity index (χ3n) is 2.19. The Bertz CT molecular complexity index is 324. The summed E-state index contributed by atoms with van der Waals surface area (Å²) in [5.74, 6) is -1.12. The topological polar surface area (TPSA) is 56.0 Å². The molecule has 0 saturated carbocycles. The van der Waals surface area contributed by atoms with Crippen LogP contribution in [0, 0.1) is 11.7 Å². The van der Waals surface area contributed by atoms with Crippen molar-refractivity contribution in [2.75, 3.05) is 6.54 Å². The van der Waals surface area contributed by atoms with E-state index in [2.05, 4.69) is 4.98 Å². The van der Waals surface area contributed by atoms with Crippen molar-refractivity contribution < 1.29 is 9.18 Å². The molecule has 0 saturated heterocycles. The number of rotatable bonds is 4. The molecule has 3 nitrogen and oxygen atoms in total. The van der Waals surface area contributed by atoms with Gasteiger partial charge in [-0.25, -0.2) is 4.39 Å². The molecule has 0 fully saturated rings. The Labute approximate surface area is 82.1 Å². The van der Waals surface area contributed by atoms with Crippen LogP contribution in [-0.4, -0.2) is 17.3 Å². The maximum Gasteiger partial charge on any atom is 0.170 e. The number of Topliss-reactive ketones (excluding diaryl/α,β-unsaturated/α-hetero) is 1. The molecule has 0 spiro atoms. The summed E-state index contributed by atoms with van der Waals surface area (Å²) < 4.78 is 13.1. The minimum atomic E-state index is -0.579. The van der Waals surface area contributed by atoms with E-state index < -0.39 is 5.82 Å². The molecule has 0 aliphatic heterocycles. The number of pyridine rings is 1. The van der Waals surface area contributed by atoms with Crippen LogP contribution in [0.25, 0.3) is 0 Å². The summed E-state index contributed by atoms with van der Waals surface area (Å²) >= 11 is 0. The van der Waals surface area contributed by atoms with Crippen molar-refractivity contribution in [1.82, 2.24) is 4.98 Å². The SMILES string of the molecule is CCC(CN)C(=O)c1ccncc1F. The highest BCUT2D eigenvalue weighted by Crippen LogP contribution is 2.13. The Morgan fingerprint density at radius 3 is 2.93 bits per heavy atom. The van der Waals surface area contributed by atoms with Crippen molar-refractivity contribution in [2.24, 2.45) is 11.7 Å². The van der Waals surface area contributed by atoms with Gasteiger partial charge in [-0.3, -0.25) is 9.78 Å². The summed E-state index contributed by atoms with van der Waals surface area (Å²) in [6.45, 7) is 2.10. The zero-order valence-corrected chi connectivity index (χ0v) is 8.03. The number of aromatic nitrogens is 1. The van der Waals surface area contributed by atoms with Crippen LogP contribution in [0.2, 0.25) is 0 Å². The van der Waals surface area contributed by atoms with Crippen LogP contribution in [-0.2, 0) is 0 Å². The van der Waals surface area contributed by atoms with Crippen LogP contribution in [0.3, 0.4) is 0 Å². The van der Waals surface area contributed by atoms with Gasteiger partial charge in [-0.05, 0) is 12.5 Å². The summed E-state index contributed by atoms with van der Waals surface area (Å²) in [6.07, 6.45) is 3.06. The maximum atomic E-state index is 13.1. The molecule has 4 heteroatoms. The average molecular weight is 196 g/mol. The van der Waals surface area contributed by atoms with E-state index in [0.717, 1.165) is 6.20 Å². The maximum absolute atomic E-state index is 13.1. The van der Waals surface area contributed by atoms with Crippen LogP contribution >= 0.6 is 0 Å². The van der Waals surface area contributed by atoms with Crippen LogP contribution < -0.4 is 5.73 Å². The highest BCUT2D eigenvalue weighted by Gasteiger charge is 2.19. The third kappa shape index (κ3) is 2.14.